The van der Waals surface area contributed by atoms with Crippen molar-refractivity contribution in [1.29, 1.82) is 0 Å². The molecule has 3 heterocycles. The summed E-state index contributed by atoms with van der Waals surface area (Å²) in [7, 11) is 2.10. The SMILES string of the molecule is C#Cc1ccc(CN)cc1.CC[C@H]1CCCC[C@@H]1NC.NCc1ccc(-c2cn(CCOC3CCCCO3)nn2)cc1.[N-]=[N+]=NCCOC1CCCCO1. The van der Waals surface area contributed by atoms with Crippen LogP contribution in [0.4, 0.5) is 0 Å². The number of azide groups is 1. The third-order valence-electron chi connectivity index (χ3n) is 9.64. The van der Waals surface area contributed by atoms with E-state index in [1.165, 1.54) is 38.5 Å². The van der Waals surface area contributed by atoms with Crippen molar-refractivity contribution in [3.05, 3.63) is 81.9 Å². The van der Waals surface area contributed by atoms with Crippen LogP contribution in [0.25, 0.3) is 21.7 Å². The summed E-state index contributed by atoms with van der Waals surface area (Å²) in [5, 5.41) is 15.1. The molecule has 296 valence electrons. The van der Waals surface area contributed by atoms with Crippen LogP contribution in [0.3, 0.4) is 0 Å². The monoisotopic (exact) mass is 746 g/mol. The highest BCUT2D eigenvalue weighted by Gasteiger charge is 2.21. The number of nitrogens with zero attached hydrogens (tertiary/aromatic N) is 6. The Morgan fingerprint density at radius 3 is 2.00 bits per heavy atom. The molecule has 4 atom stereocenters. The fourth-order valence-electron chi connectivity index (χ4n) is 6.40. The zero-order chi connectivity index (χ0) is 38.6. The molecule has 0 amide bonds. The standard InChI is InChI=1S/C16H22N4O2.C9H19N.C9H9N.C7H13N3O2/c17-11-13-4-6-14(7-5-13)15-12-20(19-18-15)8-10-22-16-3-1-2-9-21-16;1-3-8-6-4-5-7-9(8)10-2;1-2-8-3-5-9(7-10)6-4-8;8-10-9-4-6-12-7-3-1-2-5-11-7/h4-7,12,16H,1-3,8-11,17H2;8-10H,3-7H2,1-2H3;1,3-6H,7,10H2;7H,1-6H2/t;8-,9-;;/m.0../s1. The molecule has 1 aromatic heterocycles. The quantitative estimate of drug-likeness (QED) is 0.0541. The minimum Gasteiger partial charge on any atom is -0.353 e. The number of nitrogens with one attached hydrogen (secondary N) is 1. The van der Waals surface area contributed by atoms with E-state index in [9.17, 15) is 0 Å². The van der Waals surface area contributed by atoms with Gasteiger partial charge in [-0.25, -0.2) is 4.68 Å². The maximum atomic E-state index is 7.97. The van der Waals surface area contributed by atoms with Crippen molar-refractivity contribution in [3.63, 3.8) is 0 Å². The molecule has 5 N–H and O–H groups in total. The van der Waals surface area contributed by atoms with Crippen molar-refractivity contribution in [2.45, 2.75) is 116 Å². The summed E-state index contributed by atoms with van der Waals surface area (Å²) in [6.07, 6.45) is 20.6. The van der Waals surface area contributed by atoms with Crippen LogP contribution >= 0.6 is 0 Å². The largest absolute Gasteiger partial charge is 0.353 e. The van der Waals surface area contributed by atoms with Crippen molar-refractivity contribution < 1.29 is 18.9 Å². The second-order valence-electron chi connectivity index (χ2n) is 13.4. The van der Waals surface area contributed by atoms with E-state index < -0.39 is 0 Å². The Morgan fingerprint density at radius 1 is 0.889 bits per heavy atom. The van der Waals surface area contributed by atoms with Crippen molar-refractivity contribution in [1.82, 2.24) is 20.3 Å². The summed E-state index contributed by atoms with van der Waals surface area (Å²) in [6.45, 7) is 7.11. The van der Waals surface area contributed by atoms with Gasteiger partial charge in [0.2, 0.25) is 0 Å². The van der Waals surface area contributed by atoms with E-state index in [4.69, 9.17) is 42.4 Å². The number of hydrogen-bond donors (Lipinski definition) is 3. The average molecular weight is 746 g/mol. The van der Waals surface area contributed by atoms with E-state index in [-0.39, 0.29) is 12.6 Å². The van der Waals surface area contributed by atoms with E-state index in [1.54, 1.807) is 4.68 Å². The Hall–Kier alpha value is -3.83. The molecular weight excluding hydrogens is 683 g/mol. The van der Waals surface area contributed by atoms with Gasteiger partial charge in [-0.3, -0.25) is 0 Å². The van der Waals surface area contributed by atoms with Crippen LogP contribution in [0, 0.1) is 18.3 Å². The summed E-state index contributed by atoms with van der Waals surface area (Å²) in [6, 6.07) is 16.5. The molecule has 1 aliphatic carbocycles. The maximum absolute atomic E-state index is 7.97. The Morgan fingerprint density at radius 2 is 1.48 bits per heavy atom. The summed E-state index contributed by atoms with van der Waals surface area (Å²) in [5.41, 5.74) is 24.0. The Labute approximate surface area is 322 Å². The molecule has 1 saturated carbocycles. The normalized spacial score (nSPS) is 20.6. The second-order valence-corrected chi connectivity index (χ2v) is 13.4. The number of terminal acetylenes is 1. The molecule has 3 aromatic rings. The van der Waals surface area contributed by atoms with Gasteiger partial charge in [0.1, 0.15) is 5.69 Å². The zero-order valence-corrected chi connectivity index (χ0v) is 32.5. The van der Waals surface area contributed by atoms with Crippen LogP contribution in [-0.4, -0.2) is 73.6 Å². The van der Waals surface area contributed by atoms with Crippen LogP contribution in [0.1, 0.15) is 94.2 Å². The molecule has 2 aliphatic heterocycles. The first-order chi connectivity index (χ1) is 26.5. The van der Waals surface area contributed by atoms with Gasteiger partial charge >= 0.3 is 0 Å². The first-order valence-corrected chi connectivity index (χ1v) is 19.6. The molecule has 3 aliphatic rings. The average Bonchev–Trinajstić information content (AvgIpc) is 3.73. The highest BCUT2D eigenvalue weighted by molar-refractivity contribution is 5.57. The fraction of sp³-hybridized carbons (Fsp3) is 0.610. The summed E-state index contributed by atoms with van der Waals surface area (Å²) < 4.78 is 23.6. The number of nitrogens with two attached hydrogens (primary N) is 2. The van der Waals surface area contributed by atoms with Gasteiger partial charge in [-0.2, -0.15) is 0 Å². The third-order valence-corrected chi connectivity index (χ3v) is 9.64. The number of ether oxygens (including phenoxy) is 4. The smallest absolute Gasteiger partial charge is 0.157 e. The molecule has 13 heteroatoms. The first kappa shape index (κ1) is 44.6. The lowest BCUT2D eigenvalue weighted by Gasteiger charge is -2.30. The summed E-state index contributed by atoms with van der Waals surface area (Å²) >= 11 is 0. The lowest BCUT2D eigenvalue weighted by atomic mass is 9.83. The lowest BCUT2D eigenvalue weighted by Crippen LogP contribution is -2.35. The van der Waals surface area contributed by atoms with Gasteiger partial charge in [0.25, 0.3) is 0 Å². The van der Waals surface area contributed by atoms with E-state index in [0.29, 0.717) is 39.4 Å². The maximum Gasteiger partial charge on any atom is 0.157 e. The first-order valence-electron chi connectivity index (χ1n) is 19.6. The Kier molecular flexibility index (Phi) is 22.9. The third kappa shape index (κ3) is 17.5. The molecule has 13 nitrogen and oxygen atoms in total. The minimum atomic E-state index is -0.0763. The zero-order valence-electron chi connectivity index (χ0n) is 32.5. The predicted octanol–water partition coefficient (Wildman–Crippen LogP) is 7.09. The van der Waals surface area contributed by atoms with E-state index in [2.05, 4.69) is 45.5 Å². The summed E-state index contributed by atoms with van der Waals surface area (Å²) in [4.78, 5) is 2.62. The molecule has 2 unspecified atom stereocenters. The molecular formula is C41H63N9O4. The Balaban J connectivity index is 0.000000209. The number of hydrogen-bond acceptors (Lipinski definition) is 10. The minimum absolute atomic E-state index is 0.0550. The van der Waals surface area contributed by atoms with Gasteiger partial charge in [-0.1, -0.05) is 78.8 Å². The van der Waals surface area contributed by atoms with Gasteiger partial charge in [-0.05, 0) is 93.1 Å². The molecule has 2 aromatic carbocycles. The fourth-order valence-corrected chi connectivity index (χ4v) is 6.40. The van der Waals surface area contributed by atoms with Gasteiger partial charge in [-0.15, -0.1) is 11.5 Å². The number of benzene rings is 2. The van der Waals surface area contributed by atoms with Crippen LogP contribution < -0.4 is 16.8 Å². The van der Waals surface area contributed by atoms with Crippen LogP contribution in [0.5, 0.6) is 0 Å². The molecule has 54 heavy (non-hydrogen) atoms. The predicted molar refractivity (Wildman–Crippen MR) is 214 cm³/mol. The summed E-state index contributed by atoms with van der Waals surface area (Å²) in [5.74, 6) is 3.49. The van der Waals surface area contributed by atoms with Gasteiger partial charge in [0.15, 0.2) is 12.6 Å². The highest BCUT2D eigenvalue weighted by Crippen LogP contribution is 2.26. The second kappa shape index (κ2) is 27.7. The van der Waals surface area contributed by atoms with Crippen molar-refractivity contribution in [2.24, 2.45) is 22.5 Å². The molecule has 0 bridgehead atoms. The van der Waals surface area contributed by atoms with Crippen molar-refractivity contribution in [3.8, 4) is 23.6 Å². The lowest BCUT2D eigenvalue weighted by molar-refractivity contribution is -0.163. The van der Waals surface area contributed by atoms with Gasteiger partial charge < -0.3 is 35.7 Å². The highest BCUT2D eigenvalue weighted by atomic mass is 16.7. The van der Waals surface area contributed by atoms with Crippen molar-refractivity contribution in [2.75, 3.05) is 40.0 Å². The van der Waals surface area contributed by atoms with Crippen LogP contribution in [-0.2, 0) is 38.6 Å². The van der Waals surface area contributed by atoms with Gasteiger partial charge in [0.05, 0.1) is 26.0 Å². The van der Waals surface area contributed by atoms with Crippen molar-refractivity contribution >= 4 is 0 Å². The van der Waals surface area contributed by atoms with Crippen LogP contribution in [0.2, 0.25) is 0 Å². The van der Waals surface area contributed by atoms with E-state index >= 15 is 0 Å². The molecule has 0 radical (unpaired) electrons. The number of aromatic nitrogens is 3. The molecule has 2 saturated heterocycles. The molecule has 3 fully saturated rings. The Bertz CT molecular complexity index is 1470. The van der Waals surface area contributed by atoms with E-state index in [1.807, 2.05) is 54.7 Å². The molecule has 0 spiro atoms. The van der Waals surface area contributed by atoms with Gasteiger partial charge in [0, 0.05) is 54.9 Å². The number of rotatable bonds is 13. The van der Waals surface area contributed by atoms with E-state index in [0.717, 1.165) is 85.2 Å². The molecule has 6 rings (SSSR count). The topological polar surface area (TPSA) is 180 Å². The van der Waals surface area contributed by atoms with Crippen LogP contribution in [0.15, 0.2) is 59.8 Å².